The topological polar surface area (TPSA) is 641 Å². The fourth-order valence-electron chi connectivity index (χ4n) is 11.6. The molecule has 0 aromatic carbocycles. The van der Waals surface area contributed by atoms with Crippen molar-refractivity contribution in [2.45, 2.75) is 210 Å². The summed E-state index contributed by atoms with van der Waals surface area (Å²) in [6.07, 6.45) is 14.7. The summed E-state index contributed by atoms with van der Waals surface area (Å²) in [5.41, 5.74) is 79.9. The van der Waals surface area contributed by atoms with Gasteiger partial charge < -0.3 is 160 Å². The van der Waals surface area contributed by atoms with E-state index in [4.69, 9.17) is 87.3 Å². The highest BCUT2D eigenvalue weighted by Crippen LogP contribution is 2.11. The van der Waals surface area contributed by atoms with E-state index in [0.717, 1.165) is 122 Å². The van der Waals surface area contributed by atoms with Crippen LogP contribution in [0, 0.1) is 45.1 Å². The third-order valence-corrected chi connectivity index (χ3v) is 17.7. The summed E-state index contributed by atoms with van der Waals surface area (Å²) in [6, 6.07) is 0.965. The van der Waals surface area contributed by atoms with Crippen molar-refractivity contribution in [1.82, 2.24) is 79.8 Å². The summed E-state index contributed by atoms with van der Waals surface area (Å²) in [5, 5.41) is 53.9. The molecule has 6 radical (unpaired) electrons. The molecule has 0 aromatic rings. The molecule has 11 atom stereocenters. The maximum Gasteiger partial charge on any atom is 0.217 e. The van der Waals surface area contributed by atoms with Crippen molar-refractivity contribution >= 4 is 41.6 Å². The highest BCUT2D eigenvalue weighted by Gasteiger charge is 2.22. The van der Waals surface area contributed by atoms with Gasteiger partial charge in [0.25, 0.3) is 0 Å². The van der Waals surface area contributed by atoms with Crippen molar-refractivity contribution in [3.8, 4) is 0 Å². The lowest BCUT2D eigenvalue weighted by atomic mass is 9.98. The Morgan fingerprint density at radius 1 is 0.381 bits per heavy atom. The van der Waals surface area contributed by atoms with E-state index in [0.29, 0.717) is 142 Å². The highest BCUT2D eigenvalue weighted by molar-refractivity contribution is 5.77. The number of nitrogens with two attached hydrogens (primary N) is 14. The summed E-state index contributed by atoms with van der Waals surface area (Å²) >= 11 is 0. The van der Waals surface area contributed by atoms with Crippen LogP contribution in [-0.4, -0.2) is 246 Å². The molecular weight excluding hydrogens is 1340 g/mol. The summed E-state index contributed by atoms with van der Waals surface area (Å²) in [7, 11) is 5.67. The lowest BCUT2D eigenvalue weighted by molar-refractivity contribution is -0.119. The Morgan fingerprint density at radius 2 is 0.714 bits per heavy atom. The van der Waals surface area contributed by atoms with Crippen molar-refractivity contribution in [1.29, 1.82) is 0 Å². The predicted molar refractivity (Wildman–Crippen MR) is 437 cm³/mol. The van der Waals surface area contributed by atoms with Crippen LogP contribution in [0.1, 0.15) is 150 Å². The average Bonchev–Trinajstić information content (AvgIpc) is 1.000. The van der Waals surface area contributed by atoms with Crippen LogP contribution in [-0.2, 0) is 9.59 Å². The molecule has 0 aromatic heterocycles. The molecule has 0 heterocycles. The molecule has 2 amide bonds. The van der Waals surface area contributed by atoms with Crippen molar-refractivity contribution in [3.05, 3.63) is 33.2 Å². The van der Waals surface area contributed by atoms with Gasteiger partial charge in [-0.25, -0.2) is 0 Å². The van der Waals surface area contributed by atoms with Crippen molar-refractivity contribution in [2.75, 3.05) is 144 Å². The van der Waals surface area contributed by atoms with Crippen LogP contribution in [0.2, 0.25) is 0 Å². The standard InChI is InChI=1S/C69H154N34O2/c1-6-52(4)62(93-39-32-85-30-31-87-43-55(16-10-26-95-66(76)77)100-48-59(19-13-29-98-69(82)83)101-49-61(21-23-64(73)105)92-36-33-86-41-53(71)40-51(2)3)50-103-58(14-7-8-24-70)47-102-60(20-22-63(72)104)45-89-35-38-91-57(18-12-28-97-68(80)81)46-99-56(17-11-27-96-67(78)79)44-88-34-37-90-54(42-84-5)15-9-25-94-65(74)75/h5,32-35,51-62,84-93,99-103H,6-31,36-50,70-71H2,1-4H3,(H2,72,104)(H2,73,105)(H4,74,75,94)(H4,76,77,95)(H4,78,79,96)(H4,80,81,97)(H4,82,83,98)/t52-,53-,54-,55-,56-,57-,58-,59-,60-,61-,62+/m0/s1. The van der Waals surface area contributed by atoms with Gasteiger partial charge in [0.1, 0.15) is 0 Å². The molecule has 0 bridgehead atoms. The van der Waals surface area contributed by atoms with E-state index in [1.165, 1.54) is 0 Å². The van der Waals surface area contributed by atoms with Gasteiger partial charge in [-0.15, -0.1) is 0 Å². The monoisotopic (exact) mass is 1490 g/mol. The first-order valence-electron chi connectivity index (χ1n) is 38.7. The maximum absolute atomic E-state index is 12.1. The molecule has 0 saturated heterocycles. The number of nitrogens with zero attached hydrogens (tertiary/aromatic N) is 5. The molecule has 0 spiro atoms. The van der Waals surface area contributed by atoms with Gasteiger partial charge in [0.15, 0.2) is 29.8 Å². The van der Waals surface area contributed by atoms with E-state index in [-0.39, 0.29) is 115 Å². The summed E-state index contributed by atoms with van der Waals surface area (Å²) in [5.74, 6) is 0.636. The number of unbranched alkanes of at least 4 members (excludes halogenated alkanes) is 1. The summed E-state index contributed by atoms with van der Waals surface area (Å²) in [4.78, 5) is 45.0. The second kappa shape index (κ2) is 69.1. The smallest absolute Gasteiger partial charge is 0.217 e. The van der Waals surface area contributed by atoms with Crippen LogP contribution in [0.15, 0.2) is 25.0 Å². The molecule has 43 N–H and O–H groups in total. The molecule has 36 heteroatoms. The molecular formula is C69H154N34O2. The van der Waals surface area contributed by atoms with Crippen LogP contribution in [0.5, 0.6) is 0 Å². The Labute approximate surface area is 632 Å². The SMILES string of the molecule is [CH]NC[C@H](CCCN=C(N)N)NC[CH]NC[C@H](CCCN=C(N)N)NC[C@H](CCCN=C(N)N)NC[CH]NC[C@H](CCC(N)=O)NC[C@H](CCCCN)NC[C@@H](NC[CH]NCCNC[C@H](CCCN=C(N)N)NC[C@H](CCCN=C(N)N)NC[C@H](CCC(N)=O)NC[CH]NC[C@@H](N)CC(C)C)[C@@H](C)CC. The van der Waals surface area contributed by atoms with Gasteiger partial charge in [-0.2, -0.15) is 0 Å². The van der Waals surface area contributed by atoms with Gasteiger partial charge in [-0.05, 0) is 115 Å². The molecule has 612 valence electrons. The number of nitrogens with one attached hydrogen (secondary N) is 15. The van der Waals surface area contributed by atoms with Crippen molar-refractivity contribution in [2.24, 2.45) is 117 Å². The fraction of sp³-hybridized carbons (Fsp3) is 0.826. The number of rotatable bonds is 78. The van der Waals surface area contributed by atoms with Gasteiger partial charge >= 0.3 is 0 Å². The van der Waals surface area contributed by atoms with E-state index >= 15 is 0 Å². The molecule has 0 rings (SSSR count). The van der Waals surface area contributed by atoms with E-state index in [1.54, 1.807) is 0 Å². The van der Waals surface area contributed by atoms with Crippen LogP contribution < -0.4 is 160 Å². The van der Waals surface area contributed by atoms with Crippen LogP contribution in [0.25, 0.3) is 0 Å². The molecule has 0 aliphatic rings. The molecule has 0 aliphatic carbocycles. The fourth-order valence-corrected chi connectivity index (χ4v) is 11.6. The van der Waals surface area contributed by atoms with Gasteiger partial charge in [0.2, 0.25) is 11.8 Å². The number of guanidine groups is 5. The Balaban J connectivity index is 5.76. The molecule has 0 saturated carbocycles. The second-order valence-corrected chi connectivity index (χ2v) is 27.8. The minimum atomic E-state index is -0.337. The summed E-state index contributed by atoms with van der Waals surface area (Å²) < 4.78 is 0. The maximum atomic E-state index is 12.1. The zero-order valence-corrected chi connectivity index (χ0v) is 64.9. The second-order valence-electron chi connectivity index (χ2n) is 27.8. The van der Waals surface area contributed by atoms with E-state index < -0.39 is 0 Å². The number of hydrogen-bond donors (Lipinski definition) is 29. The van der Waals surface area contributed by atoms with Crippen LogP contribution >= 0.6 is 0 Å². The quantitative estimate of drug-likeness (QED) is 0.0117. The van der Waals surface area contributed by atoms with Gasteiger partial charge in [0, 0.05) is 244 Å². The van der Waals surface area contributed by atoms with Crippen molar-refractivity contribution < 1.29 is 9.59 Å². The predicted octanol–water partition coefficient (Wildman–Crippen LogP) is -6.19. The molecule has 36 nitrogen and oxygen atoms in total. The summed E-state index contributed by atoms with van der Waals surface area (Å²) in [6.45, 7) is 31.0. The lowest BCUT2D eigenvalue weighted by Gasteiger charge is -2.29. The van der Waals surface area contributed by atoms with E-state index in [9.17, 15) is 9.59 Å². The van der Waals surface area contributed by atoms with E-state index in [2.05, 4.69) is 139 Å². The first-order chi connectivity index (χ1) is 50.5. The van der Waals surface area contributed by atoms with Gasteiger partial charge in [-0.1, -0.05) is 40.5 Å². The average molecular weight is 1490 g/mol. The van der Waals surface area contributed by atoms with Gasteiger partial charge in [0.05, 0.1) is 0 Å². The Kier molecular flexibility index (Phi) is 65.5. The van der Waals surface area contributed by atoms with E-state index in [1.807, 2.05) is 19.6 Å². The number of aliphatic imine (C=N–C) groups is 5. The number of carbonyl (C=O) groups excluding carboxylic acids is 2. The Morgan fingerprint density at radius 3 is 1.10 bits per heavy atom. The van der Waals surface area contributed by atoms with Crippen LogP contribution in [0.3, 0.4) is 0 Å². The zero-order chi connectivity index (χ0) is 77.9. The zero-order valence-electron chi connectivity index (χ0n) is 64.9. The van der Waals surface area contributed by atoms with Crippen LogP contribution in [0.4, 0.5) is 0 Å². The number of amides is 2. The number of primary amides is 2. The number of hydrogen-bond acceptors (Lipinski definition) is 24. The van der Waals surface area contributed by atoms with Gasteiger partial charge in [-0.3, -0.25) is 34.6 Å². The minimum absolute atomic E-state index is 0.00326. The third-order valence-electron chi connectivity index (χ3n) is 17.7. The molecule has 0 fully saturated rings. The molecule has 0 unspecified atom stereocenters. The Bertz CT molecular complexity index is 2180. The largest absolute Gasteiger partial charge is 0.370 e. The normalized spacial score (nSPS) is 14.8. The number of carbonyl (C=O) groups is 2. The van der Waals surface area contributed by atoms with Crippen molar-refractivity contribution in [3.63, 3.8) is 0 Å². The molecule has 0 aliphatic heterocycles. The lowest BCUT2D eigenvalue weighted by Crippen LogP contribution is -2.51. The third kappa shape index (κ3) is 66.5. The first-order valence-corrected chi connectivity index (χ1v) is 38.7. The first kappa shape index (κ1) is 99.6. The Hall–Kier alpha value is -5.39. The minimum Gasteiger partial charge on any atom is -0.370 e. The highest BCUT2D eigenvalue weighted by atomic mass is 16.1. The molecule has 105 heavy (non-hydrogen) atoms.